The largest absolute Gasteiger partial charge is 0.444 e. The molecule has 1 aliphatic heterocycles. The van der Waals surface area contributed by atoms with Gasteiger partial charge in [0, 0.05) is 25.0 Å². The lowest BCUT2D eigenvalue weighted by Crippen LogP contribution is -2.61. The Balaban J connectivity index is 1.87. The van der Waals surface area contributed by atoms with E-state index in [9.17, 15) is 14.4 Å². The van der Waals surface area contributed by atoms with Crippen molar-refractivity contribution in [2.45, 2.75) is 53.2 Å². The third kappa shape index (κ3) is 4.66. The van der Waals surface area contributed by atoms with E-state index in [2.05, 4.69) is 0 Å². The van der Waals surface area contributed by atoms with Gasteiger partial charge >= 0.3 is 11.7 Å². The molecule has 0 radical (unpaired) electrons. The fraction of sp³-hybridized carbons (Fsp3) is 0.522. The molecule has 2 heterocycles. The molecule has 0 spiro atoms. The van der Waals surface area contributed by atoms with Crippen LogP contribution in [0.15, 0.2) is 39.5 Å². The van der Waals surface area contributed by atoms with Crippen molar-refractivity contribution < 1.29 is 18.7 Å². The van der Waals surface area contributed by atoms with Gasteiger partial charge in [0.1, 0.15) is 16.7 Å². The molecule has 1 aliphatic rings. The highest BCUT2D eigenvalue weighted by molar-refractivity contribution is 5.96. The first kappa shape index (κ1) is 21.9. The molecule has 1 aromatic carbocycles. The van der Waals surface area contributed by atoms with Crippen LogP contribution in [0.4, 0.5) is 4.79 Å². The summed E-state index contributed by atoms with van der Waals surface area (Å²) in [6, 6.07) is 8.42. The van der Waals surface area contributed by atoms with E-state index < -0.39 is 11.2 Å². The molecule has 3 rings (SSSR count). The predicted octanol–water partition coefficient (Wildman–Crippen LogP) is 3.90. The van der Waals surface area contributed by atoms with Gasteiger partial charge in [0.15, 0.2) is 0 Å². The van der Waals surface area contributed by atoms with Gasteiger partial charge in [-0.3, -0.25) is 4.79 Å². The average Bonchev–Trinajstić information content (AvgIpc) is 2.64. The maximum atomic E-state index is 13.2. The van der Waals surface area contributed by atoms with Gasteiger partial charge in [-0.2, -0.15) is 0 Å². The van der Waals surface area contributed by atoms with E-state index in [4.69, 9.17) is 9.15 Å². The highest BCUT2D eigenvalue weighted by Gasteiger charge is 2.41. The van der Waals surface area contributed by atoms with Gasteiger partial charge < -0.3 is 19.0 Å². The molecule has 1 saturated heterocycles. The van der Waals surface area contributed by atoms with Crippen LogP contribution in [0.3, 0.4) is 0 Å². The van der Waals surface area contributed by atoms with Crippen LogP contribution < -0.4 is 5.63 Å². The standard InChI is InChI=1S/C23H30N2O5/c1-22(2,3)18-14-24(11-12-25(18)21(28)30-23(4,5)6)19(26)16-13-15-9-7-8-10-17(15)29-20(16)27/h7-10,13,18H,11-12,14H2,1-6H3. The van der Waals surface area contributed by atoms with Crippen LogP contribution in [-0.4, -0.2) is 53.1 Å². The molecule has 30 heavy (non-hydrogen) atoms. The van der Waals surface area contributed by atoms with Crippen LogP contribution in [0.1, 0.15) is 51.9 Å². The van der Waals surface area contributed by atoms with Crippen LogP contribution >= 0.6 is 0 Å². The Hall–Kier alpha value is -2.83. The molecular weight excluding hydrogens is 384 g/mol. The van der Waals surface area contributed by atoms with Crippen molar-refractivity contribution in [3.63, 3.8) is 0 Å². The summed E-state index contributed by atoms with van der Waals surface area (Å²) >= 11 is 0. The molecule has 0 N–H and O–H groups in total. The topological polar surface area (TPSA) is 80.1 Å². The lowest BCUT2D eigenvalue weighted by atomic mass is 9.84. The minimum Gasteiger partial charge on any atom is -0.444 e. The zero-order valence-electron chi connectivity index (χ0n) is 18.5. The minimum atomic E-state index is -0.652. The first-order valence-electron chi connectivity index (χ1n) is 10.2. The van der Waals surface area contributed by atoms with Gasteiger partial charge in [-0.15, -0.1) is 0 Å². The fourth-order valence-corrected chi connectivity index (χ4v) is 3.63. The van der Waals surface area contributed by atoms with Gasteiger partial charge in [0.05, 0.1) is 6.04 Å². The first-order chi connectivity index (χ1) is 13.9. The van der Waals surface area contributed by atoms with Gasteiger partial charge in [-0.25, -0.2) is 9.59 Å². The number of nitrogens with zero attached hydrogens (tertiary/aromatic N) is 2. The maximum Gasteiger partial charge on any atom is 0.410 e. The average molecular weight is 415 g/mol. The van der Waals surface area contributed by atoms with E-state index in [0.29, 0.717) is 30.6 Å². The van der Waals surface area contributed by atoms with Gasteiger partial charge in [-0.05, 0) is 38.3 Å². The van der Waals surface area contributed by atoms with Crippen molar-refractivity contribution >= 4 is 23.0 Å². The van der Waals surface area contributed by atoms with Crippen molar-refractivity contribution in [3.05, 3.63) is 46.3 Å². The number of hydrogen-bond donors (Lipinski definition) is 0. The van der Waals surface area contributed by atoms with Crippen LogP contribution in [0.2, 0.25) is 0 Å². The third-order valence-electron chi connectivity index (χ3n) is 5.17. The molecule has 0 aliphatic carbocycles. The van der Waals surface area contributed by atoms with E-state index in [1.54, 1.807) is 34.1 Å². The van der Waals surface area contributed by atoms with Gasteiger partial charge in [0.25, 0.3) is 5.91 Å². The summed E-state index contributed by atoms with van der Waals surface area (Å²) in [4.78, 5) is 41.7. The number of ether oxygens (including phenoxy) is 1. The summed E-state index contributed by atoms with van der Waals surface area (Å²) in [6.45, 7) is 12.5. The highest BCUT2D eigenvalue weighted by atomic mass is 16.6. The second-order valence-corrected chi connectivity index (χ2v) is 9.79. The van der Waals surface area contributed by atoms with Crippen LogP contribution in [0.5, 0.6) is 0 Å². The Bertz CT molecular complexity index is 1010. The quantitative estimate of drug-likeness (QED) is 0.661. The summed E-state index contributed by atoms with van der Waals surface area (Å²) in [7, 11) is 0. The molecule has 2 aromatic rings. The molecular formula is C23H30N2O5. The van der Waals surface area contributed by atoms with E-state index in [-0.39, 0.29) is 29.0 Å². The van der Waals surface area contributed by atoms with Crippen LogP contribution in [0.25, 0.3) is 11.0 Å². The van der Waals surface area contributed by atoms with E-state index >= 15 is 0 Å². The normalized spacial score (nSPS) is 17.9. The molecule has 1 fully saturated rings. The highest BCUT2D eigenvalue weighted by Crippen LogP contribution is 2.29. The number of fused-ring (bicyclic) bond motifs is 1. The number of amides is 2. The Morgan fingerprint density at radius 1 is 1.07 bits per heavy atom. The molecule has 1 aromatic heterocycles. The van der Waals surface area contributed by atoms with Gasteiger partial charge in [-0.1, -0.05) is 39.0 Å². The fourth-order valence-electron chi connectivity index (χ4n) is 3.63. The van der Waals surface area contributed by atoms with E-state index in [1.165, 1.54) is 0 Å². The summed E-state index contributed by atoms with van der Waals surface area (Å²) in [5, 5.41) is 0.695. The molecule has 7 heteroatoms. The Morgan fingerprint density at radius 2 is 1.73 bits per heavy atom. The van der Waals surface area contributed by atoms with Crippen molar-refractivity contribution in [2.24, 2.45) is 5.41 Å². The van der Waals surface area contributed by atoms with Gasteiger partial charge in [0.2, 0.25) is 0 Å². The summed E-state index contributed by atoms with van der Waals surface area (Å²) in [5.74, 6) is -0.382. The Labute approximate surface area is 176 Å². The van der Waals surface area contributed by atoms with E-state index in [0.717, 1.165) is 0 Å². The van der Waals surface area contributed by atoms with Crippen molar-refractivity contribution in [1.82, 2.24) is 9.80 Å². The number of carbonyl (C=O) groups excluding carboxylic acids is 2. The lowest BCUT2D eigenvalue weighted by molar-refractivity contribution is -0.0204. The first-order valence-corrected chi connectivity index (χ1v) is 10.2. The molecule has 1 atom stereocenters. The summed E-state index contributed by atoms with van der Waals surface area (Å²) in [5.41, 5.74) is -1.09. The van der Waals surface area contributed by atoms with Crippen LogP contribution in [-0.2, 0) is 4.74 Å². The Kier molecular flexibility index (Phi) is 5.67. The number of benzene rings is 1. The second-order valence-electron chi connectivity index (χ2n) is 9.79. The second kappa shape index (κ2) is 7.78. The number of para-hydroxylation sites is 1. The monoisotopic (exact) mass is 414 g/mol. The predicted molar refractivity (Wildman–Crippen MR) is 115 cm³/mol. The van der Waals surface area contributed by atoms with Crippen molar-refractivity contribution in [2.75, 3.05) is 19.6 Å². The SMILES string of the molecule is CC(C)(C)OC(=O)N1CCN(C(=O)c2cc3ccccc3oc2=O)CC1C(C)(C)C. The number of carbonyl (C=O) groups is 2. The van der Waals surface area contributed by atoms with E-state index in [1.807, 2.05) is 47.6 Å². The zero-order chi connectivity index (χ0) is 22.3. The lowest BCUT2D eigenvalue weighted by Gasteiger charge is -2.47. The van der Waals surface area contributed by atoms with Crippen molar-refractivity contribution in [1.29, 1.82) is 0 Å². The minimum absolute atomic E-state index is 0.00655. The molecule has 0 saturated carbocycles. The summed E-state index contributed by atoms with van der Waals surface area (Å²) in [6.07, 6.45) is -0.389. The number of rotatable bonds is 1. The number of hydrogen-bond acceptors (Lipinski definition) is 5. The van der Waals surface area contributed by atoms with Crippen LogP contribution in [0, 0.1) is 5.41 Å². The molecule has 1 unspecified atom stereocenters. The zero-order valence-corrected chi connectivity index (χ0v) is 18.5. The third-order valence-corrected chi connectivity index (χ3v) is 5.17. The molecule has 162 valence electrons. The molecule has 0 bridgehead atoms. The Morgan fingerprint density at radius 3 is 2.37 bits per heavy atom. The smallest absolute Gasteiger partial charge is 0.410 e. The maximum absolute atomic E-state index is 13.2. The number of piperazine rings is 1. The van der Waals surface area contributed by atoms with Crippen molar-refractivity contribution in [3.8, 4) is 0 Å². The molecule has 2 amide bonds. The summed E-state index contributed by atoms with van der Waals surface area (Å²) < 4.78 is 10.9. The molecule has 7 nitrogen and oxygen atoms in total.